The van der Waals surface area contributed by atoms with Crippen LogP contribution >= 0.6 is 0 Å². The highest BCUT2D eigenvalue weighted by Gasteiger charge is 2.15. The Labute approximate surface area is 77.8 Å². The zero-order chi connectivity index (χ0) is 9.10. The molecule has 1 heterocycles. The van der Waals surface area contributed by atoms with Crippen molar-refractivity contribution in [2.45, 2.75) is 6.29 Å². The van der Waals surface area contributed by atoms with Crippen LogP contribution in [-0.4, -0.2) is 20.0 Å². The van der Waals surface area contributed by atoms with Crippen LogP contribution in [0.2, 0.25) is 0 Å². The van der Waals surface area contributed by atoms with E-state index in [0.717, 1.165) is 0 Å². The molecule has 1 unspecified atom stereocenters. The van der Waals surface area contributed by atoms with E-state index in [1.807, 2.05) is 24.3 Å². The molecule has 0 N–H and O–H groups in total. The summed E-state index contributed by atoms with van der Waals surface area (Å²) in [6, 6.07) is 10.2. The van der Waals surface area contributed by atoms with Gasteiger partial charge in [0.05, 0.1) is 6.61 Å². The predicted octanol–water partition coefficient (Wildman–Crippen LogP) is 2.07. The minimum absolute atomic E-state index is 0.171. The highest BCUT2D eigenvalue weighted by molar-refractivity contribution is 5.67. The van der Waals surface area contributed by atoms with Crippen molar-refractivity contribution in [2.24, 2.45) is 0 Å². The molecular formula is C11H12O2. The second kappa shape index (κ2) is 3.73. The van der Waals surface area contributed by atoms with Crippen molar-refractivity contribution in [1.29, 1.82) is 0 Å². The number of benzene rings is 1. The highest BCUT2D eigenvalue weighted by atomic mass is 16.7. The Morgan fingerprint density at radius 3 is 2.69 bits per heavy atom. The van der Waals surface area contributed by atoms with E-state index in [1.54, 1.807) is 7.11 Å². The third kappa shape index (κ3) is 1.79. The van der Waals surface area contributed by atoms with Crippen LogP contribution in [-0.2, 0) is 9.47 Å². The molecule has 0 saturated heterocycles. The number of hydrogen-bond acceptors (Lipinski definition) is 2. The molecule has 1 aliphatic heterocycles. The average molecular weight is 176 g/mol. The van der Waals surface area contributed by atoms with Gasteiger partial charge in [-0.3, -0.25) is 0 Å². The highest BCUT2D eigenvalue weighted by Crippen LogP contribution is 2.22. The standard InChI is InChI=1S/C11H12O2/c1-12-11-7-10(8-13-11)9-5-3-2-4-6-9/h2-7,11H,8H2,1H3. The Morgan fingerprint density at radius 1 is 1.31 bits per heavy atom. The Kier molecular flexibility index (Phi) is 2.43. The molecule has 1 aromatic carbocycles. The van der Waals surface area contributed by atoms with Crippen molar-refractivity contribution in [3.05, 3.63) is 42.0 Å². The van der Waals surface area contributed by atoms with Crippen LogP contribution < -0.4 is 0 Å². The molecule has 0 spiro atoms. The molecule has 2 heteroatoms. The molecule has 1 aliphatic rings. The van der Waals surface area contributed by atoms with Gasteiger partial charge < -0.3 is 9.47 Å². The number of methoxy groups -OCH3 is 1. The van der Waals surface area contributed by atoms with Crippen molar-refractivity contribution < 1.29 is 9.47 Å². The Morgan fingerprint density at radius 2 is 2.08 bits per heavy atom. The Balaban J connectivity index is 2.19. The van der Waals surface area contributed by atoms with E-state index in [-0.39, 0.29) is 6.29 Å². The summed E-state index contributed by atoms with van der Waals surface area (Å²) in [7, 11) is 1.65. The summed E-state index contributed by atoms with van der Waals surface area (Å²) < 4.78 is 10.4. The van der Waals surface area contributed by atoms with Crippen molar-refractivity contribution in [3.8, 4) is 0 Å². The van der Waals surface area contributed by atoms with Crippen molar-refractivity contribution in [1.82, 2.24) is 0 Å². The molecule has 2 nitrogen and oxygen atoms in total. The molecule has 1 aromatic rings. The maximum atomic E-state index is 5.35. The van der Waals surface area contributed by atoms with Gasteiger partial charge in [0.2, 0.25) is 0 Å². The molecular weight excluding hydrogens is 164 g/mol. The summed E-state index contributed by atoms with van der Waals surface area (Å²) in [6.07, 6.45) is 1.84. The molecule has 2 rings (SSSR count). The van der Waals surface area contributed by atoms with Crippen LogP contribution in [0.5, 0.6) is 0 Å². The van der Waals surface area contributed by atoms with Crippen LogP contribution in [0.4, 0.5) is 0 Å². The van der Waals surface area contributed by atoms with Gasteiger partial charge in [-0.05, 0) is 17.2 Å². The van der Waals surface area contributed by atoms with E-state index in [0.29, 0.717) is 6.61 Å². The van der Waals surface area contributed by atoms with Crippen LogP contribution in [0.3, 0.4) is 0 Å². The zero-order valence-electron chi connectivity index (χ0n) is 7.57. The largest absolute Gasteiger partial charge is 0.352 e. The van der Waals surface area contributed by atoms with E-state index in [2.05, 4.69) is 12.1 Å². The number of hydrogen-bond donors (Lipinski definition) is 0. The lowest BCUT2D eigenvalue weighted by molar-refractivity contribution is -0.0677. The van der Waals surface area contributed by atoms with Gasteiger partial charge in [0.1, 0.15) is 0 Å². The third-order valence-electron chi connectivity index (χ3n) is 2.12. The predicted molar refractivity (Wildman–Crippen MR) is 51.2 cm³/mol. The van der Waals surface area contributed by atoms with Gasteiger partial charge >= 0.3 is 0 Å². The lowest BCUT2D eigenvalue weighted by atomic mass is 10.1. The monoisotopic (exact) mass is 176 g/mol. The summed E-state index contributed by atoms with van der Waals surface area (Å²) in [5, 5.41) is 0. The normalized spacial score (nSPS) is 21.6. The summed E-state index contributed by atoms with van der Waals surface area (Å²) >= 11 is 0. The minimum atomic E-state index is -0.171. The minimum Gasteiger partial charge on any atom is -0.352 e. The average Bonchev–Trinajstić information content (AvgIpc) is 2.67. The summed E-state index contributed by atoms with van der Waals surface area (Å²) in [5.41, 5.74) is 2.41. The first-order valence-electron chi connectivity index (χ1n) is 4.30. The third-order valence-corrected chi connectivity index (χ3v) is 2.12. The van der Waals surface area contributed by atoms with Crippen LogP contribution in [0.25, 0.3) is 5.57 Å². The van der Waals surface area contributed by atoms with E-state index < -0.39 is 0 Å². The molecule has 0 amide bonds. The zero-order valence-corrected chi connectivity index (χ0v) is 7.57. The number of ether oxygens (including phenoxy) is 2. The van der Waals surface area contributed by atoms with Crippen molar-refractivity contribution >= 4 is 5.57 Å². The second-order valence-corrected chi connectivity index (χ2v) is 2.97. The van der Waals surface area contributed by atoms with Crippen molar-refractivity contribution in [2.75, 3.05) is 13.7 Å². The van der Waals surface area contributed by atoms with Gasteiger partial charge in [-0.15, -0.1) is 0 Å². The van der Waals surface area contributed by atoms with E-state index in [1.165, 1.54) is 11.1 Å². The molecule has 68 valence electrons. The fraction of sp³-hybridized carbons (Fsp3) is 0.273. The lowest BCUT2D eigenvalue weighted by Crippen LogP contribution is -2.05. The number of rotatable bonds is 2. The van der Waals surface area contributed by atoms with Gasteiger partial charge in [-0.2, -0.15) is 0 Å². The van der Waals surface area contributed by atoms with E-state index >= 15 is 0 Å². The molecule has 0 radical (unpaired) electrons. The van der Waals surface area contributed by atoms with Gasteiger partial charge in [0, 0.05) is 7.11 Å². The van der Waals surface area contributed by atoms with Crippen molar-refractivity contribution in [3.63, 3.8) is 0 Å². The van der Waals surface area contributed by atoms with Gasteiger partial charge in [0.25, 0.3) is 0 Å². The first-order chi connectivity index (χ1) is 6.40. The maximum Gasteiger partial charge on any atom is 0.177 e. The lowest BCUT2D eigenvalue weighted by Gasteiger charge is -2.02. The molecule has 13 heavy (non-hydrogen) atoms. The van der Waals surface area contributed by atoms with Gasteiger partial charge in [-0.25, -0.2) is 0 Å². The quantitative estimate of drug-likeness (QED) is 0.686. The fourth-order valence-electron chi connectivity index (χ4n) is 1.40. The smallest absolute Gasteiger partial charge is 0.177 e. The van der Waals surface area contributed by atoms with E-state index in [9.17, 15) is 0 Å². The summed E-state index contributed by atoms with van der Waals surface area (Å²) in [5.74, 6) is 0. The van der Waals surface area contributed by atoms with Crippen LogP contribution in [0, 0.1) is 0 Å². The summed E-state index contributed by atoms with van der Waals surface area (Å²) in [4.78, 5) is 0. The second-order valence-electron chi connectivity index (χ2n) is 2.97. The van der Waals surface area contributed by atoms with Crippen LogP contribution in [0.1, 0.15) is 5.56 Å². The van der Waals surface area contributed by atoms with Gasteiger partial charge in [-0.1, -0.05) is 30.3 Å². The summed E-state index contributed by atoms with van der Waals surface area (Å²) in [6.45, 7) is 0.641. The first kappa shape index (κ1) is 8.48. The molecule has 0 fully saturated rings. The van der Waals surface area contributed by atoms with E-state index in [4.69, 9.17) is 9.47 Å². The van der Waals surface area contributed by atoms with Crippen LogP contribution in [0.15, 0.2) is 36.4 Å². The molecule has 0 aromatic heterocycles. The molecule has 0 bridgehead atoms. The fourth-order valence-corrected chi connectivity index (χ4v) is 1.40. The topological polar surface area (TPSA) is 18.5 Å². The SMILES string of the molecule is COC1C=C(c2ccccc2)CO1. The first-order valence-corrected chi connectivity index (χ1v) is 4.30. The molecule has 0 aliphatic carbocycles. The molecule has 1 atom stereocenters. The van der Waals surface area contributed by atoms with Gasteiger partial charge in [0.15, 0.2) is 6.29 Å². The Hall–Kier alpha value is -1.12. The Bertz CT molecular complexity index is 303. The maximum absolute atomic E-state index is 5.35. The molecule has 0 saturated carbocycles.